The lowest BCUT2D eigenvalue weighted by molar-refractivity contribution is 0.266. The van der Waals surface area contributed by atoms with Crippen molar-refractivity contribution in [1.29, 1.82) is 0 Å². The number of guanidine groups is 1. The minimum atomic E-state index is -3.38. The van der Waals surface area contributed by atoms with Gasteiger partial charge in [-0.05, 0) is 43.4 Å². The summed E-state index contributed by atoms with van der Waals surface area (Å²) >= 11 is 0. The topological polar surface area (TPSA) is 65.0 Å². The second-order valence-corrected chi connectivity index (χ2v) is 8.95. The molecule has 1 fully saturated rings. The van der Waals surface area contributed by atoms with Crippen molar-refractivity contribution in [3.63, 3.8) is 0 Å². The predicted molar refractivity (Wildman–Crippen MR) is 102 cm³/mol. The summed E-state index contributed by atoms with van der Waals surface area (Å²) in [4.78, 5) is 7.37. The van der Waals surface area contributed by atoms with Gasteiger partial charge in [-0.2, -0.15) is 0 Å². The van der Waals surface area contributed by atoms with Gasteiger partial charge >= 0.3 is 0 Å². The molecular weight excluding hydrogens is 336 g/mol. The Balaban J connectivity index is 2.10. The van der Waals surface area contributed by atoms with Crippen molar-refractivity contribution in [3.8, 4) is 0 Å². The fraction of sp³-hybridized carbons (Fsp3) is 0.611. The highest BCUT2D eigenvalue weighted by atomic mass is 32.2. The van der Waals surface area contributed by atoms with Crippen molar-refractivity contribution >= 4 is 16.0 Å². The number of hydrogen-bond donors (Lipinski definition) is 1. The lowest BCUT2D eigenvalue weighted by atomic mass is 10.0. The Kier molecular flexibility index (Phi) is 6.84. The van der Waals surface area contributed by atoms with E-state index in [0.717, 1.165) is 31.2 Å². The number of nitrogens with zero attached hydrogens (tertiary/aromatic N) is 3. The Labute approximate surface area is 152 Å². The molecule has 140 valence electrons. The van der Waals surface area contributed by atoms with Crippen LogP contribution in [0.1, 0.15) is 32.3 Å². The second kappa shape index (κ2) is 8.67. The van der Waals surface area contributed by atoms with Gasteiger partial charge in [0.05, 0.1) is 11.4 Å². The minimum absolute atomic E-state index is 0.307. The fourth-order valence-corrected chi connectivity index (χ4v) is 3.85. The summed E-state index contributed by atoms with van der Waals surface area (Å²) in [5.41, 5.74) is 0.998. The summed E-state index contributed by atoms with van der Waals surface area (Å²) in [5.74, 6) is 1.63. The maximum absolute atomic E-state index is 12.1. The van der Waals surface area contributed by atoms with Crippen molar-refractivity contribution < 1.29 is 8.42 Å². The molecule has 1 heterocycles. The van der Waals surface area contributed by atoms with Gasteiger partial charge in [-0.1, -0.05) is 19.1 Å². The van der Waals surface area contributed by atoms with Crippen LogP contribution in [0.4, 0.5) is 0 Å². The lowest BCUT2D eigenvalue weighted by Gasteiger charge is -2.33. The highest BCUT2D eigenvalue weighted by Gasteiger charge is 2.19. The monoisotopic (exact) mass is 366 g/mol. The van der Waals surface area contributed by atoms with Crippen LogP contribution >= 0.6 is 0 Å². The van der Waals surface area contributed by atoms with Gasteiger partial charge in [0.25, 0.3) is 0 Å². The smallest absolute Gasteiger partial charge is 0.242 e. The molecule has 7 heteroatoms. The molecule has 1 atom stereocenters. The number of sulfonamides is 1. The molecule has 1 saturated heterocycles. The van der Waals surface area contributed by atoms with E-state index in [-0.39, 0.29) is 0 Å². The molecule has 0 amide bonds. The zero-order valence-corrected chi connectivity index (χ0v) is 16.5. The lowest BCUT2D eigenvalue weighted by Crippen LogP contribution is -2.46. The van der Waals surface area contributed by atoms with E-state index in [4.69, 9.17) is 4.99 Å². The third-order valence-corrected chi connectivity index (χ3v) is 6.23. The molecule has 0 bridgehead atoms. The predicted octanol–water partition coefficient (Wildman–Crippen LogP) is 2.13. The van der Waals surface area contributed by atoms with Gasteiger partial charge < -0.3 is 10.2 Å². The molecule has 25 heavy (non-hydrogen) atoms. The standard InChI is InChI=1S/C18H30N4O2S/c1-5-19-18(22-12-6-7-15(2)14-22)20-13-16-8-10-17(11-9-16)25(23,24)21(3)4/h8-11,15H,5-7,12-14H2,1-4H3,(H,19,20). The Morgan fingerprint density at radius 3 is 2.56 bits per heavy atom. The summed E-state index contributed by atoms with van der Waals surface area (Å²) < 4.78 is 25.5. The molecule has 0 saturated carbocycles. The van der Waals surface area contributed by atoms with Crippen LogP contribution in [0.5, 0.6) is 0 Å². The van der Waals surface area contributed by atoms with Gasteiger partial charge in [-0.15, -0.1) is 0 Å². The minimum Gasteiger partial charge on any atom is -0.357 e. The molecule has 0 radical (unpaired) electrons. The average Bonchev–Trinajstić information content (AvgIpc) is 2.59. The van der Waals surface area contributed by atoms with Crippen LogP contribution in [0.15, 0.2) is 34.2 Å². The Hall–Kier alpha value is -1.60. The van der Waals surface area contributed by atoms with Crippen LogP contribution in [-0.2, 0) is 16.6 Å². The first kappa shape index (κ1) is 19.7. The van der Waals surface area contributed by atoms with Crippen molar-refractivity contribution in [2.24, 2.45) is 10.9 Å². The molecule has 0 spiro atoms. The van der Waals surface area contributed by atoms with Gasteiger partial charge in [0.2, 0.25) is 10.0 Å². The first-order valence-electron chi connectivity index (χ1n) is 8.89. The molecule has 0 aliphatic carbocycles. The van der Waals surface area contributed by atoms with Crippen molar-refractivity contribution in [2.75, 3.05) is 33.7 Å². The van der Waals surface area contributed by atoms with Crippen LogP contribution < -0.4 is 5.32 Å². The zero-order chi connectivity index (χ0) is 18.4. The third-order valence-electron chi connectivity index (χ3n) is 4.40. The molecule has 1 aliphatic rings. The Morgan fingerprint density at radius 1 is 1.32 bits per heavy atom. The Morgan fingerprint density at radius 2 is 2.00 bits per heavy atom. The molecule has 1 aromatic rings. The van der Waals surface area contributed by atoms with Crippen LogP contribution in [0.2, 0.25) is 0 Å². The molecule has 0 aromatic heterocycles. The van der Waals surface area contributed by atoms with Crippen molar-refractivity contribution in [2.45, 2.75) is 38.1 Å². The Bertz CT molecular complexity index is 684. The molecule has 1 unspecified atom stereocenters. The van der Waals surface area contributed by atoms with E-state index in [9.17, 15) is 8.42 Å². The molecule has 1 N–H and O–H groups in total. The van der Waals surface area contributed by atoms with E-state index < -0.39 is 10.0 Å². The first-order valence-corrected chi connectivity index (χ1v) is 10.3. The molecular formula is C18H30N4O2S. The number of aliphatic imine (C=N–C) groups is 1. The normalized spacial score (nSPS) is 19.3. The van der Waals surface area contributed by atoms with E-state index in [0.29, 0.717) is 17.4 Å². The largest absolute Gasteiger partial charge is 0.357 e. The maximum Gasteiger partial charge on any atom is 0.242 e. The van der Waals surface area contributed by atoms with Crippen LogP contribution in [0.25, 0.3) is 0 Å². The summed E-state index contributed by atoms with van der Waals surface area (Å²) in [5, 5.41) is 3.37. The number of rotatable bonds is 5. The van der Waals surface area contributed by atoms with Gasteiger partial charge in [0.1, 0.15) is 0 Å². The van der Waals surface area contributed by atoms with E-state index in [1.54, 1.807) is 12.1 Å². The number of likely N-dealkylation sites (tertiary alicyclic amines) is 1. The quantitative estimate of drug-likeness (QED) is 0.640. The number of nitrogens with one attached hydrogen (secondary N) is 1. The van der Waals surface area contributed by atoms with Gasteiger partial charge in [0.15, 0.2) is 5.96 Å². The van der Waals surface area contributed by atoms with E-state index >= 15 is 0 Å². The van der Waals surface area contributed by atoms with Crippen molar-refractivity contribution in [1.82, 2.24) is 14.5 Å². The summed E-state index contributed by atoms with van der Waals surface area (Å²) in [6, 6.07) is 6.97. The van der Waals surface area contributed by atoms with Gasteiger partial charge in [-0.25, -0.2) is 17.7 Å². The van der Waals surface area contributed by atoms with Gasteiger partial charge in [0, 0.05) is 33.7 Å². The number of benzene rings is 1. The molecule has 1 aliphatic heterocycles. The molecule has 2 rings (SSSR count). The summed E-state index contributed by atoms with van der Waals surface area (Å²) in [6.45, 7) is 7.80. The van der Waals surface area contributed by atoms with E-state index in [1.807, 2.05) is 12.1 Å². The summed E-state index contributed by atoms with van der Waals surface area (Å²) in [6.07, 6.45) is 2.47. The van der Waals surface area contributed by atoms with Crippen LogP contribution in [0, 0.1) is 5.92 Å². The first-order chi connectivity index (χ1) is 11.8. The van der Waals surface area contributed by atoms with E-state index in [2.05, 4.69) is 24.1 Å². The van der Waals surface area contributed by atoms with Crippen molar-refractivity contribution in [3.05, 3.63) is 29.8 Å². The number of piperidine rings is 1. The van der Waals surface area contributed by atoms with Gasteiger partial charge in [-0.3, -0.25) is 0 Å². The molecule has 1 aromatic carbocycles. The van der Waals surface area contributed by atoms with Crippen LogP contribution in [-0.4, -0.2) is 57.3 Å². The number of hydrogen-bond acceptors (Lipinski definition) is 3. The van der Waals surface area contributed by atoms with E-state index in [1.165, 1.54) is 31.2 Å². The molecule has 6 nitrogen and oxygen atoms in total. The summed E-state index contributed by atoms with van der Waals surface area (Å²) in [7, 11) is -0.305. The highest BCUT2D eigenvalue weighted by molar-refractivity contribution is 7.89. The zero-order valence-electron chi connectivity index (χ0n) is 15.7. The second-order valence-electron chi connectivity index (χ2n) is 6.79. The average molecular weight is 367 g/mol. The third kappa shape index (κ3) is 5.19. The SMILES string of the molecule is CCNC(=NCc1ccc(S(=O)(=O)N(C)C)cc1)N1CCCC(C)C1. The van der Waals surface area contributed by atoms with Crippen LogP contribution in [0.3, 0.4) is 0 Å². The highest BCUT2D eigenvalue weighted by Crippen LogP contribution is 2.17. The maximum atomic E-state index is 12.1. The fourth-order valence-electron chi connectivity index (χ4n) is 2.95.